The average Bonchev–Trinajstić information content (AvgIpc) is 2.71. The highest BCUT2D eigenvalue weighted by Gasteiger charge is 2.55. The number of fused-ring (bicyclic) bond motifs is 1. The highest BCUT2D eigenvalue weighted by molar-refractivity contribution is 5.68. The normalized spacial score (nSPS) is 37.9. The van der Waals surface area contributed by atoms with E-state index in [4.69, 9.17) is 4.74 Å². The van der Waals surface area contributed by atoms with Gasteiger partial charge in [0, 0.05) is 29.7 Å². The van der Waals surface area contributed by atoms with Crippen LogP contribution in [0.1, 0.15) is 31.2 Å². The summed E-state index contributed by atoms with van der Waals surface area (Å²) in [6, 6.07) is 8.63. The van der Waals surface area contributed by atoms with Gasteiger partial charge in [-0.3, -0.25) is 4.99 Å². The SMILES string of the molecule is C1=NCCC23c4ccccc4OC2CCCC13. The smallest absolute Gasteiger partial charge is 0.123 e. The first-order valence-corrected chi connectivity index (χ1v) is 6.67. The van der Waals surface area contributed by atoms with Gasteiger partial charge in [0.25, 0.3) is 0 Å². The molecule has 3 atom stereocenters. The number of nitrogens with zero attached hydrogens (tertiary/aromatic N) is 1. The molecule has 1 aromatic carbocycles. The van der Waals surface area contributed by atoms with Crippen molar-refractivity contribution in [2.24, 2.45) is 10.9 Å². The van der Waals surface area contributed by atoms with Gasteiger partial charge in [0.15, 0.2) is 0 Å². The van der Waals surface area contributed by atoms with Gasteiger partial charge in [0.2, 0.25) is 0 Å². The molecule has 0 saturated heterocycles. The summed E-state index contributed by atoms with van der Waals surface area (Å²) in [7, 11) is 0. The number of hydrogen-bond donors (Lipinski definition) is 0. The number of para-hydroxylation sites is 1. The Morgan fingerprint density at radius 3 is 3.18 bits per heavy atom. The first kappa shape index (κ1) is 9.69. The molecule has 1 spiro atoms. The summed E-state index contributed by atoms with van der Waals surface area (Å²) >= 11 is 0. The molecule has 0 radical (unpaired) electrons. The van der Waals surface area contributed by atoms with Crippen LogP contribution in [0.5, 0.6) is 5.75 Å². The number of hydrogen-bond acceptors (Lipinski definition) is 2. The minimum Gasteiger partial charge on any atom is -0.489 e. The Morgan fingerprint density at radius 2 is 2.18 bits per heavy atom. The number of rotatable bonds is 0. The highest BCUT2D eigenvalue weighted by Crippen LogP contribution is 2.55. The first-order chi connectivity index (χ1) is 8.41. The molecule has 1 aromatic rings. The zero-order valence-electron chi connectivity index (χ0n) is 9.93. The second-order valence-electron chi connectivity index (χ2n) is 5.49. The Labute approximate surface area is 102 Å². The Hall–Kier alpha value is -1.31. The molecule has 0 amide bonds. The van der Waals surface area contributed by atoms with Crippen molar-refractivity contribution in [3.05, 3.63) is 29.8 Å². The maximum atomic E-state index is 6.21. The summed E-state index contributed by atoms with van der Waals surface area (Å²) in [5, 5.41) is 0. The number of benzene rings is 1. The molecular weight excluding hydrogens is 210 g/mol. The predicted molar refractivity (Wildman–Crippen MR) is 67.9 cm³/mol. The van der Waals surface area contributed by atoms with E-state index >= 15 is 0 Å². The minimum atomic E-state index is 0.247. The Morgan fingerprint density at radius 1 is 1.24 bits per heavy atom. The van der Waals surface area contributed by atoms with Gasteiger partial charge in [0.05, 0.1) is 0 Å². The lowest BCUT2D eigenvalue weighted by Gasteiger charge is -2.45. The van der Waals surface area contributed by atoms with E-state index in [0.717, 1.165) is 18.7 Å². The van der Waals surface area contributed by atoms with Gasteiger partial charge in [-0.25, -0.2) is 0 Å². The van der Waals surface area contributed by atoms with Crippen LogP contribution in [0.25, 0.3) is 0 Å². The quantitative estimate of drug-likeness (QED) is 0.667. The van der Waals surface area contributed by atoms with Gasteiger partial charge in [-0.05, 0) is 31.7 Å². The lowest BCUT2D eigenvalue weighted by molar-refractivity contribution is 0.0708. The van der Waals surface area contributed by atoms with Crippen molar-refractivity contribution >= 4 is 6.21 Å². The van der Waals surface area contributed by atoms with E-state index in [1.54, 1.807) is 0 Å². The molecule has 0 aromatic heterocycles. The van der Waals surface area contributed by atoms with E-state index in [9.17, 15) is 0 Å². The zero-order valence-corrected chi connectivity index (χ0v) is 9.93. The third kappa shape index (κ3) is 1.13. The van der Waals surface area contributed by atoms with E-state index in [2.05, 4.69) is 35.5 Å². The average molecular weight is 227 g/mol. The third-order valence-electron chi connectivity index (χ3n) is 4.82. The summed E-state index contributed by atoms with van der Waals surface area (Å²) in [6.45, 7) is 0.963. The Bertz CT molecular complexity index is 482. The molecule has 3 unspecified atom stereocenters. The summed E-state index contributed by atoms with van der Waals surface area (Å²) in [5.74, 6) is 1.72. The molecule has 1 saturated carbocycles. The van der Waals surface area contributed by atoms with Gasteiger partial charge in [-0.1, -0.05) is 18.2 Å². The molecule has 88 valence electrons. The molecule has 2 heteroatoms. The van der Waals surface area contributed by atoms with Gasteiger partial charge < -0.3 is 4.74 Å². The second kappa shape index (κ2) is 3.34. The largest absolute Gasteiger partial charge is 0.489 e. The maximum Gasteiger partial charge on any atom is 0.123 e. The zero-order chi connectivity index (χ0) is 11.3. The van der Waals surface area contributed by atoms with E-state index in [-0.39, 0.29) is 5.41 Å². The molecule has 0 bridgehead atoms. The molecule has 2 aliphatic heterocycles. The summed E-state index contributed by atoms with van der Waals surface area (Å²) in [4.78, 5) is 4.51. The molecule has 2 nitrogen and oxygen atoms in total. The lowest BCUT2D eigenvalue weighted by atomic mass is 9.59. The number of aliphatic imine (C=N–C) groups is 1. The van der Waals surface area contributed by atoms with Gasteiger partial charge in [-0.15, -0.1) is 0 Å². The van der Waals surface area contributed by atoms with Crippen molar-refractivity contribution in [3.63, 3.8) is 0 Å². The maximum absolute atomic E-state index is 6.21. The van der Waals surface area contributed by atoms with Gasteiger partial charge in [0.1, 0.15) is 11.9 Å². The topological polar surface area (TPSA) is 21.6 Å². The summed E-state index contributed by atoms with van der Waals surface area (Å²) in [5.41, 5.74) is 1.69. The van der Waals surface area contributed by atoms with Crippen LogP contribution in [0.15, 0.2) is 29.3 Å². The van der Waals surface area contributed by atoms with E-state index < -0.39 is 0 Å². The van der Waals surface area contributed by atoms with E-state index in [1.165, 1.54) is 24.8 Å². The van der Waals surface area contributed by atoms with Crippen LogP contribution in [-0.2, 0) is 5.41 Å². The molecule has 3 aliphatic rings. The fourth-order valence-corrected chi connectivity index (χ4v) is 4.06. The van der Waals surface area contributed by atoms with E-state index in [0.29, 0.717) is 12.0 Å². The van der Waals surface area contributed by atoms with Crippen LogP contribution in [0.4, 0.5) is 0 Å². The lowest BCUT2D eigenvalue weighted by Crippen LogP contribution is -2.50. The molecule has 4 rings (SSSR count). The monoisotopic (exact) mass is 227 g/mol. The van der Waals surface area contributed by atoms with Gasteiger partial charge >= 0.3 is 0 Å². The van der Waals surface area contributed by atoms with E-state index in [1.807, 2.05) is 0 Å². The third-order valence-corrected chi connectivity index (χ3v) is 4.82. The molecule has 17 heavy (non-hydrogen) atoms. The van der Waals surface area contributed by atoms with Crippen LogP contribution < -0.4 is 4.74 Å². The van der Waals surface area contributed by atoms with Crippen LogP contribution in [-0.4, -0.2) is 18.9 Å². The van der Waals surface area contributed by atoms with Crippen LogP contribution >= 0.6 is 0 Å². The predicted octanol–water partition coefficient (Wildman–Crippen LogP) is 2.96. The summed E-state index contributed by atoms with van der Waals surface area (Å²) in [6.07, 6.45) is 7.52. The Kier molecular flexibility index (Phi) is 1.91. The molecule has 2 heterocycles. The molecule has 1 aliphatic carbocycles. The van der Waals surface area contributed by atoms with Crippen LogP contribution in [0.2, 0.25) is 0 Å². The first-order valence-electron chi connectivity index (χ1n) is 6.67. The van der Waals surface area contributed by atoms with Crippen molar-refractivity contribution in [3.8, 4) is 5.75 Å². The molecule has 1 fully saturated rings. The fraction of sp³-hybridized carbons (Fsp3) is 0.533. The highest BCUT2D eigenvalue weighted by atomic mass is 16.5. The summed E-state index contributed by atoms with van der Waals surface area (Å²) < 4.78 is 6.21. The fourth-order valence-electron chi connectivity index (χ4n) is 4.06. The van der Waals surface area contributed by atoms with Crippen molar-refractivity contribution in [2.75, 3.05) is 6.54 Å². The van der Waals surface area contributed by atoms with Crippen molar-refractivity contribution < 1.29 is 4.74 Å². The van der Waals surface area contributed by atoms with Gasteiger partial charge in [-0.2, -0.15) is 0 Å². The van der Waals surface area contributed by atoms with Crippen molar-refractivity contribution in [1.29, 1.82) is 0 Å². The number of ether oxygens (including phenoxy) is 1. The molecular formula is C15H17NO. The second-order valence-corrected chi connectivity index (χ2v) is 5.49. The van der Waals surface area contributed by atoms with Crippen molar-refractivity contribution in [2.45, 2.75) is 37.2 Å². The van der Waals surface area contributed by atoms with Crippen LogP contribution in [0.3, 0.4) is 0 Å². The van der Waals surface area contributed by atoms with Crippen LogP contribution in [0, 0.1) is 5.92 Å². The standard InChI is InChI=1S/C15H17NO/c1-2-6-13-12(5-1)15-8-9-16-10-11(15)4-3-7-14(15)17-13/h1-2,5-6,10-11,14H,3-4,7-9H2. The minimum absolute atomic E-state index is 0.247. The Balaban J connectivity index is 1.92. The molecule has 0 N–H and O–H groups in total. The van der Waals surface area contributed by atoms with Crippen molar-refractivity contribution in [1.82, 2.24) is 0 Å².